The summed E-state index contributed by atoms with van der Waals surface area (Å²) >= 11 is 9.36. The molecule has 0 heterocycles. The van der Waals surface area contributed by atoms with Crippen LogP contribution in [0.15, 0.2) is 22.7 Å². The number of halogens is 2. The monoisotopic (exact) mass is 321 g/mol. The average Bonchev–Trinajstić information content (AvgIpc) is 2.30. The Balaban J connectivity index is 2.39. The summed E-state index contributed by atoms with van der Waals surface area (Å²) < 4.78 is 11.3. The number of nitrogens with one attached hydrogen (secondary N) is 1. The molecule has 0 amide bonds. The van der Waals surface area contributed by atoms with Crippen LogP contribution in [0.25, 0.3) is 0 Å². The van der Waals surface area contributed by atoms with E-state index in [1.165, 1.54) is 5.56 Å². The first-order valence-corrected chi connectivity index (χ1v) is 6.50. The number of benzene rings is 1. The maximum Gasteiger partial charge on any atom is 0.0928 e. The summed E-state index contributed by atoms with van der Waals surface area (Å²) in [7, 11) is 3.35. The van der Waals surface area contributed by atoms with Crippen LogP contribution in [0, 0.1) is 0 Å². The lowest BCUT2D eigenvalue weighted by atomic mass is 10.2. The van der Waals surface area contributed by atoms with Gasteiger partial charge in [0.25, 0.3) is 0 Å². The molecule has 0 aliphatic heterocycles. The molecule has 0 spiro atoms. The van der Waals surface area contributed by atoms with E-state index >= 15 is 0 Å². The van der Waals surface area contributed by atoms with Crippen LogP contribution in [0.5, 0.6) is 0 Å². The van der Waals surface area contributed by atoms with Crippen molar-refractivity contribution in [1.82, 2.24) is 5.32 Å². The number of ether oxygens (including phenoxy) is 2. The van der Waals surface area contributed by atoms with Gasteiger partial charge in [-0.1, -0.05) is 33.6 Å². The summed E-state index contributed by atoms with van der Waals surface area (Å²) in [4.78, 5) is 0. The predicted molar refractivity (Wildman–Crippen MR) is 73.5 cm³/mol. The van der Waals surface area contributed by atoms with Gasteiger partial charge in [-0.05, 0) is 17.7 Å². The highest BCUT2D eigenvalue weighted by atomic mass is 79.9. The van der Waals surface area contributed by atoms with E-state index in [1.807, 2.05) is 18.2 Å². The third-order valence-electron chi connectivity index (χ3n) is 2.39. The normalized spacial score (nSPS) is 12.7. The first-order chi connectivity index (χ1) is 8.17. The lowest BCUT2D eigenvalue weighted by Gasteiger charge is -2.15. The molecule has 1 N–H and O–H groups in total. The van der Waals surface area contributed by atoms with Gasteiger partial charge in [-0.25, -0.2) is 0 Å². The van der Waals surface area contributed by atoms with Crippen molar-refractivity contribution in [3.8, 4) is 0 Å². The molecule has 17 heavy (non-hydrogen) atoms. The van der Waals surface area contributed by atoms with Crippen LogP contribution in [0.1, 0.15) is 5.56 Å². The molecule has 0 aliphatic rings. The smallest absolute Gasteiger partial charge is 0.0928 e. The van der Waals surface area contributed by atoms with Gasteiger partial charge < -0.3 is 14.8 Å². The second-order valence-electron chi connectivity index (χ2n) is 3.68. The maximum atomic E-state index is 5.88. The van der Waals surface area contributed by atoms with E-state index < -0.39 is 0 Å². The Hall–Kier alpha value is -0.130. The fraction of sp³-hybridized carbons (Fsp3) is 0.500. The highest BCUT2D eigenvalue weighted by Crippen LogP contribution is 2.21. The van der Waals surface area contributed by atoms with Gasteiger partial charge >= 0.3 is 0 Å². The number of rotatable bonds is 7. The Bertz CT molecular complexity index is 349. The number of methoxy groups -OCH3 is 2. The molecule has 1 atom stereocenters. The van der Waals surface area contributed by atoms with E-state index in [9.17, 15) is 0 Å². The first-order valence-electron chi connectivity index (χ1n) is 5.33. The zero-order valence-corrected chi connectivity index (χ0v) is 12.3. The standard InChI is InChI=1S/C12H17BrClNO2/c1-16-8-11(17-2)7-15-6-9-3-4-10(14)5-12(9)13/h3-5,11,15H,6-8H2,1-2H3. The van der Waals surface area contributed by atoms with Crippen molar-refractivity contribution in [2.45, 2.75) is 12.6 Å². The molecule has 3 nitrogen and oxygen atoms in total. The van der Waals surface area contributed by atoms with Crippen LogP contribution < -0.4 is 5.32 Å². The minimum absolute atomic E-state index is 0.0751. The van der Waals surface area contributed by atoms with Crippen molar-refractivity contribution in [3.63, 3.8) is 0 Å². The molecule has 0 aromatic heterocycles. The average molecular weight is 323 g/mol. The Morgan fingerprint density at radius 3 is 2.76 bits per heavy atom. The third kappa shape index (κ3) is 5.36. The summed E-state index contributed by atoms with van der Waals surface area (Å²) in [6.45, 7) is 2.10. The molecule has 0 bridgehead atoms. The Morgan fingerprint density at radius 2 is 2.18 bits per heavy atom. The van der Waals surface area contributed by atoms with Gasteiger partial charge in [0, 0.05) is 36.8 Å². The topological polar surface area (TPSA) is 30.5 Å². The molecular weight excluding hydrogens is 305 g/mol. The van der Waals surface area contributed by atoms with Crippen molar-refractivity contribution in [2.75, 3.05) is 27.4 Å². The molecule has 0 radical (unpaired) electrons. The van der Waals surface area contributed by atoms with Crippen LogP contribution in [-0.2, 0) is 16.0 Å². The fourth-order valence-corrected chi connectivity index (χ4v) is 2.25. The summed E-state index contributed by atoms with van der Waals surface area (Å²) in [5, 5.41) is 4.05. The van der Waals surface area contributed by atoms with Crippen LogP contribution in [0.3, 0.4) is 0 Å². The van der Waals surface area contributed by atoms with E-state index in [0.29, 0.717) is 6.61 Å². The Kier molecular flexibility index (Phi) is 7.08. The lowest BCUT2D eigenvalue weighted by molar-refractivity contribution is 0.0288. The minimum Gasteiger partial charge on any atom is -0.382 e. The van der Waals surface area contributed by atoms with Crippen molar-refractivity contribution >= 4 is 27.5 Å². The predicted octanol–water partition coefficient (Wildman–Crippen LogP) is 2.85. The SMILES string of the molecule is COCC(CNCc1ccc(Cl)cc1Br)OC. The molecule has 0 saturated heterocycles. The second-order valence-corrected chi connectivity index (χ2v) is 4.97. The van der Waals surface area contributed by atoms with Crippen LogP contribution in [-0.4, -0.2) is 33.5 Å². The van der Waals surface area contributed by atoms with E-state index in [-0.39, 0.29) is 6.10 Å². The van der Waals surface area contributed by atoms with E-state index in [0.717, 1.165) is 22.6 Å². The van der Waals surface area contributed by atoms with E-state index in [1.54, 1.807) is 14.2 Å². The van der Waals surface area contributed by atoms with Crippen molar-refractivity contribution in [3.05, 3.63) is 33.3 Å². The molecule has 1 unspecified atom stereocenters. The molecule has 1 rings (SSSR count). The maximum absolute atomic E-state index is 5.88. The first kappa shape index (κ1) is 14.9. The highest BCUT2D eigenvalue weighted by molar-refractivity contribution is 9.10. The molecule has 96 valence electrons. The zero-order valence-electron chi connectivity index (χ0n) is 10.0. The molecule has 0 saturated carbocycles. The largest absolute Gasteiger partial charge is 0.382 e. The van der Waals surface area contributed by atoms with Gasteiger partial charge in [0.2, 0.25) is 0 Å². The lowest BCUT2D eigenvalue weighted by Crippen LogP contribution is -2.31. The number of hydrogen-bond acceptors (Lipinski definition) is 3. The number of hydrogen-bond donors (Lipinski definition) is 1. The quantitative estimate of drug-likeness (QED) is 0.837. The van der Waals surface area contributed by atoms with Crippen LogP contribution in [0.2, 0.25) is 5.02 Å². The van der Waals surface area contributed by atoms with Gasteiger partial charge in [0.1, 0.15) is 0 Å². The van der Waals surface area contributed by atoms with Crippen molar-refractivity contribution in [1.29, 1.82) is 0 Å². The van der Waals surface area contributed by atoms with Gasteiger partial charge in [0.05, 0.1) is 12.7 Å². The Labute approximate surface area is 116 Å². The highest BCUT2D eigenvalue weighted by Gasteiger charge is 2.06. The molecule has 0 aliphatic carbocycles. The van der Waals surface area contributed by atoms with Gasteiger partial charge in [-0.3, -0.25) is 0 Å². The van der Waals surface area contributed by atoms with E-state index in [4.69, 9.17) is 21.1 Å². The summed E-state index contributed by atoms with van der Waals surface area (Å²) in [6.07, 6.45) is 0.0751. The summed E-state index contributed by atoms with van der Waals surface area (Å²) in [6, 6.07) is 5.77. The van der Waals surface area contributed by atoms with Crippen molar-refractivity contribution in [2.24, 2.45) is 0 Å². The van der Waals surface area contributed by atoms with Crippen LogP contribution in [0.4, 0.5) is 0 Å². The van der Waals surface area contributed by atoms with Gasteiger partial charge in [0.15, 0.2) is 0 Å². The molecule has 1 aromatic rings. The van der Waals surface area contributed by atoms with Crippen LogP contribution >= 0.6 is 27.5 Å². The van der Waals surface area contributed by atoms with Gasteiger partial charge in [-0.15, -0.1) is 0 Å². The summed E-state index contributed by atoms with van der Waals surface area (Å²) in [5.74, 6) is 0. The van der Waals surface area contributed by atoms with Crippen molar-refractivity contribution < 1.29 is 9.47 Å². The van der Waals surface area contributed by atoms with Gasteiger partial charge in [-0.2, -0.15) is 0 Å². The Morgan fingerprint density at radius 1 is 1.41 bits per heavy atom. The fourth-order valence-electron chi connectivity index (χ4n) is 1.43. The second kappa shape index (κ2) is 8.06. The minimum atomic E-state index is 0.0751. The molecular formula is C12H17BrClNO2. The zero-order chi connectivity index (χ0) is 12.7. The molecule has 0 fully saturated rings. The van der Waals surface area contributed by atoms with E-state index in [2.05, 4.69) is 21.2 Å². The molecule has 5 heteroatoms. The molecule has 1 aromatic carbocycles. The summed E-state index contributed by atoms with van der Waals surface area (Å²) in [5.41, 5.74) is 1.17. The third-order valence-corrected chi connectivity index (χ3v) is 3.36.